The summed E-state index contributed by atoms with van der Waals surface area (Å²) in [6.07, 6.45) is 8.06. The summed E-state index contributed by atoms with van der Waals surface area (Å²) in [7, 11) is 0. The second-order valence-electron chi connectivity index (χ2n) is 5.81. The van der Waals surface area contributed by atoms with Crippen molar-refractivity contribution in [2.45, 2.75) is 44.1 Å². The number of hydrogen-bond acceptors (Lipinski definition) is 3. The van der Waals surface area contributed by atoms with Crippen molar-refractivity contribution < 1.29 is 9.53 Å². The number of aliphatic imine (C=N–C) groups is 1. The van der Waals surface area contributed by atoms with Crippen molar-refractivity contribution in [3.8, 4) is 5.75 Å². The fourth-order valence-corrected chi connectivity index (χ4v) is 3.32. The summed E-state index contributed by atoms with van der Waals surface area (Å²) in [5.74, 6) is 1.40. The van der Waals surface area contributed by atoms with Crippen LogP contribution in [0.4, 0.5) is 0 Å². The molecule has 0 aliphatic heterocycles. The van der Waals surface area contributed by atoms with E-state index in [1.165, 1.54) is 12.8 Å². The van der Waals surface area contributed by atoms with Crippen LogP contribution in [0.1, 0.15) is 44.1 Å². The molecule has 1 aromatic rings. The average molecular weight is 292 g/mol. The van der Waals surface area contributed by atoms with Crippen LogP contribution in [0.3, 0.4) is 0 Å². The number of hydrogen-bond donors (Lipinski definition) is 0. The van der Waals surface area contributed by atoms with Gasteiger partial charge in [0, 0.05) is 5.56 Å². The maximum atomic E-state index is 10.8. The van der Waals surface area contributed by atoms with Gasteiger partial charge in [-0.1, -0.05) is 36.6 Å². The number of benzene rings is 1. The molecule has 0 spiro atoms. The van der Waals surface area contributed by atoms with E-state index in [2.05, 4.69) is 4.99 Å². The predicted octanol–water partition coefficient (Wildman–Crippen LogP) is 4.23. The standard InChI is InChI=1S/C16H18ClNO2/c17-15-13(16(18-11-19)8-1-2-9-16)4-3-5-14(15)20-10-12-6-7-12/h3-5,12H,1-2,6-10H2. The maximum Gasteiger partial charge on any atom is 0.235 e. The zero-order valence-electron chi connectivity index (χ0n) is 11.4. The van der Waals surface area contributed by atoms with Gasteiger partial charge in [-0.05, 0) is 37.7 Å². The SMILES string of the molecule is O=C=NC1(c2cccc(OCC3CC3)c2Cl)CCCC1. The van der Waals surface area contributed by atoms with Gasteiger partial charge < -0.3 is 4.74 Å². The van der Waals surface area contributed by atoms with E-state index in [1.54, 1.807) is 6.08 Å². The van der Waals surface area contributed by atoms with Gasteiger partial charge >= 0.3 is 0 Å². The molecular formula is C16H18ClNO2. The van der Waals surface area contributed by atoms with Gasteiger partial charge in [-0.15, -0.1) is 0 Å². The summed E-state index contributed by atoms with van der Waals surface area (Å²) >= 11 is 6.50. The molecule has 2 fully saturated rings. The van der Waals surface area contributed by atoms with E-state index in [4.69, 9.17) is 16.3 Å². The molecule has 2 aliphatic carbocycles. The molecule has 4 heteroatoms. The van der Waals surface area contributed by atoms with Gasteiger partial charge in [-0.3, -0.25) is 0 Å². The highest BCUT2D eigenvalue weighted by Gasteiger charge is 2.38. The van der Waals surface area contributed by atoms with Crippen molar-refractivity contribution in [3.05, 3.63) is 28.8 Å². The third kappa shape index (κ3) is 2.61. The summed E-state index contributed by atoms with van der Waals surface area (Å²) < 4.78 is 5.81. The number of halogens is 1. The van der Waals surface area contributed by atoms with Crippen LogP contribution in [0.15, 0.2) is 23.2 Å². The van der Waals surface area contributed by atoms with E-state index in [0.717, 1.165) is 37.9 Å². The Balaban J connectivity index is 1.91. The Bertz CT molecular complexity index is 541. The van der Waals surface area contributed by atoms with Gasteiger partial charge in [0.1, 0.15) is 5.75 Å². The molecule has 0 bridgehead atoms. The van der Waals surface area contributed by atoms with Crippen LogP contribution in [-0.4, -0.2) is 12.7 Å². The highest BCUT2D eigenvalue weighted by Crippen LogP contribution is 2.47. The number of carbonyl (C=O) groups excluding carboxylic acids is 1. The molecule has 2 aliphatic rings. The van der Waals surface area contributed by atoms with Crippen LogP contribution in [0.2, 0.25) is 5.02 Å². The number of ether oxygens (including phenoxy) is 1. The van der Waals surface area contributed by atoms with Crippen LogP contribution < -0.4 is 4.74 Å². The molecular weight excluding hydrogens is 274 g/mol. The van der Waals surface area contributed by atoms with Crippen LogP contribution in [0, 0.1) is 5.92 Å². The summed E-state index contributed by atoms with van der Waals surface area (Å²) in [4.78, 5) is 14.9. The van der Waals surface area contributed by atoms with E-state index in [1.807, 2.05) is 18.2 Å². The minimum Gasteiger partial charge on any atom is -0.492 e. The lowest BCUT2D eigenvalue weighted by atomic mass is 9.88. The Morgan fingerprint density at radius 3 is 2.75 bits per heavy atom. The monoisotopic (exact) mass is 291 g/mol. The van der Waals surface area contributed by atoms with Crippen molar-refractivity contribution in [1.29, 1.82) is 0 Å². The van der Waals surface area contributed by atoms with E-state index >= 15 is 0 Å². The summed E-state index contributed by atoms with van der Waals surface area (Å²) in [6, 6.07) is 5.78. The zero-order valence-corrected chi connectivity index (χ0v) is 12.2. The largest absolute Gasteiger partial charge is 0.492 e. The van der Waals surface area contributed by atoms with Crippen LogP contribution >= 0.6 is 11.6 Å². The molecule has 0 saturated heterocycles. The Morgan fingerprint density at radius 1 is 1.35 bits per heavy atom. The van der Waals surface area contributed by atoms with Crippen molar-refractivity contribution in [2.75, 3.05) is 6.61 Å². The molecule has 0 heterocycles. The molecule has 0 radical (unpaired) electrons. The second-order valence-corrected chi connectivity index (χ2v) is 6.19. The molecule has 1 aromatic carbocycles. The first-order valence-electron chi connectivity index (χ1n) is 7.26. The van der Waals surface area contributed by atoms with Crippen molar-refractivity contribution in [3.63, 3.8) is 0 Å². The summed E-state index contributed by atoms with van der Waals surface area (Å²) in [5, 5.41) is 0.606. The average Bonchev–Trinajstić information content (AvgIpc) is 3.16. The molecule has 2 saturated carbocycles. The van der Waals surface area contributed by atoms with Crippen LogP contribution in [0.25, 0.3) is 0 Å². The molecule has 0 aromatic heterocycles. The fraction of sp³-hybridized carbons (Fsp3) is 0.562. The fourth-order valence-electron chi connectivity index (χ4n) is 2.96. The van der Waals surface area contributed by atoms with Crippen LogP contribution in [0.5, 0.6) is 5.75 Å². The second kappa shape index (κ2) is 5.59. The molecule has 3 rings (SSSR count). The van der Waals surface area contributed by atoms with Gasteiger partial charge in [-0.2, -0.15) is 4.99 Å². The summed E-state index contributed by atoms with van der Waals surface area (Å²) in [5.41, 5.74) is 0.422. The molecule has 20 heavy (non-hydrogen) atoms. The first-order valence-corrected chi connectivity index (χ1v) is 7.64. The van der Waals surface area contributed by atoms with Gasteiger partial charge in [0.15, 0.2) is 0 Å². The molecule has 0 amide bonds. The Hall–Kier alpha value is -1.31. The predicted molar refractivity (Wildman–Crippen MR) is 77.9 cm³/mol. The van der Waals surface area contributed by atoms with Gasteiger partial charge in [-0.25, -0.2) is 4.79 Å². The Labute approximate surface area is 124 Å². The molecule has 3 nitrogen and oxygen atoms in total. The Kier molecular flexibility index (Phi) is 3.82. The minimum atomic E-state index is -0.488. The van der Waals surface area contributed by atoms with Crippen molar-refractivity contribution >= 4 is 17.7 Å². The normalized spacial score (nSPS) is 20.4. The van der Waals surface area contributed by atoms with E-state index < -0.39 is 5.54 Å². The summed E-state index contributed by atoms with van der Waals surface area (Å²) in [6.45, 7) is 0.729. The van der Waals surface area contributed by atoms with E-state index in [-0.39, 0.29) is 0 Å². The highest BCUT2D eigenvalue weighted by molar-refractivity contribution is 6.33. The minimum absolute atomic E-state index is 0.488. The third-order valence-electron chi connectivity index (χ3n) is 4.33. The lowest BCUT2D eigenvalue weighted by Crippen LogP contribution is -2.19. The lowest BCUT2D eigenvalue weighted by molar-refractivity contribution is 0.298. The topological polar surface area (TPSA) is 38.7 Å². The van der Waals surface area contributed by atoms with Crippen molar-refractivity contribution in [2.24, 2.45) is 10.9 Å². The first-order chi connectivity index (χ1) is 9.75. The molecule has 0 N–H and O–H groups in total. The lowest BCUT2D eigenvalue weighted by Gasteiger charge is -2.25. The van der Waals surface area contributed by atoms with Gasteiger partial charge in [0.25, 0.3) is 0 Å². The third-order valence-corrected chi connectivity index (χ3v) is 4.72. The number of isocyanates is 1. The maximum absolute atomic E-state index is 10.8. The van der Waals surface area contributed by atoms with Gasteiger partial charge in [0.2, 0.25) is 6.08 Å². The molecule has 0 atom stereocenters. The quantitative estimate of drug-likeness (QED) is 0.601. The van der Waals surface area contributed by atoms with E-state index in [0.29, 0.717) is 16.7 Å². The smallest absolute Gasteiger partial charge is 0.235 e. The first kappa shape index (κ1) is 13.7. The van der Waals surface area contributed by atoms with E-state index in [9.17, 15) is 4.79 Å². The molecule has 0 unspecified atom stereocenters. The number of rotatable bonds is 5. The highest BCUT2D eigenvalue weighted by atomic mass is 35.5. The molecule has 106 valence electrons. The number of nitrogens with zero attached hydrogens (tertiary/aromatic N) is 1. The zero-order chi connectivity index (χ0) is 14.0. The van der Waals surface area contributed by atoms with Crippen LogP contribution in [-0.2, 0) is 10.3 Å². The Morgan fingerprint density at radius 2 is 2.10 bits per heavy atom. The van der Waals surface area contributed by atoms with Crippen molar-refractivity contribution in [1.82, 2.24) is 0 Å². The van der Waals surface area contributed by atoms with Gasteiger partial charge in [0.05, 0.1) is 17.2 Å².